The van der Waals surface area contributed by atoms with E-state index in [1.54, 1.807) is 17.0 Å². The summed E-state index contributed by atoms with van der Waals surface area (Å²) in [6.07, 6.45) is 4.39. The first-order valence-electron chi connectivity index (χ1n) is 9.93. The van der Waals surface area contributed by atoms with E-state index in [4.69, 9.17) is 0 Å². The van der Waals surface area contributed by atoms with Crippen LogP contribution in [-0.2, 0) is 33.1 Å². The highest BCUT2D eigenvalue weighted by molar-refractivity contribution is 5.80. The summed E-state index contributed by atoms with van der Waals surface area (Å²) >= 11 is 0. The van der Waals surface area contributed by atoms with Gasteiger partial charge in [-0.1, -0.05) is 30.3 Å². The Hall–Kier alpha value is -3.25. The highest BCUT2D eigenvalue weighted by Gasteiger charge is 2.24. The zero-order valence-corrected chi connectivity index (χ0v) is 16.5. The summed E-state index contributed by atoms with van der Waals surface area (Å²) in [6, 6.07) is 16.4. The molecule has 0 spiro atoms. The van der Waals surface area contributed by atoms with Crippen LogP contribution in [0.25, 0.3) is 11.0 Å². The van der Waals surface area contributed by atoms with Crippen LogP contribution in [0.5, 0.6) is 0 Å². The molecule has 0 fully saturated rings. The zero-order valence-electron chi connectivity index (χ0n) is 16.5. The molecule has 6 heteroatoms. The monoisotopic (exact) mass is 385 g/mol. The summed E-state index contributed by atoms with van der Waals surface area (Å²) in [5.41, 5.74) is 5.13. The van der Waals surface area contributed by atoms with Crippen molar-refractivity contribution in [2.45, 2.75) is 26.1 Å². The van der Waals surface area contributed by atoms with Gasteiger partial charge in [-0.3, -0.25) is 18.9 Å². The maximum Gasteiger partial charge on any atom is 0.257 e. The van der Waals surface area contributed by atoms with E-state index in [0.29, 0.717) is 13.1 Å². The maximum atomic E-state index is 13.5. The number of nitrogens with zero attached hydrogens (tertiary/aromatic N) is 5. The Kier molecular flexibility index (Phi) is 4.48. The fourth-order valence-electron chi connectivity index (χ4n) is 4.26. The summed E-state index contributed by atoms with van der Waals surface area (Å²) in [7, 11) is 1.90. The second kappa shape index (κ2) is 7.29. The van der Waals surface area contributed by atoms with E-state index in [1.807, 2.05) is 29.9 Å². The van der Waals surface area contributed by atoms with E-state index in [1.165, 1.54) is 5.56 Å². The van der Waals surface area contributed by atoms with Crippen molar-refractivity contribution in [3.05, 3.63) is 93.7 Å². The minimum Gasteiger partial charge on any atom is -0.294 e. The molecule has 1 aromatic carbocycles. The SMILES string of the molecule is Cn1nccc1Cn1c(=O)c2c(c3cccnc31)CCN(Cc1ccccc1)C2. The predicted octanol–water partition coefficient (Wildman–Crippen LogP) is 2.74. The summed E-state index contributed by atoms with van der Waals surface area (Å²) in [6.45, 7) is 2.93. The van der Waals surface area contributed by atoms with E-state index in [0.717, 1.165) is 47.4 Å². The quantitative estimate of drug-likeness (QED) is 0.542. The largest absolute Gasteiger partial charge is 0.294 e. The third-order valence-corrected chi connectivity index (χ3v) is 5.79. The van der Waals surface area contributed by atoms with E-state index in [2.05, 4.69) is 45.3 Å². The lowest BCUT2D eigenvalue weighted by Crippen LogP contribution is -2.37. The second-order valence-electron chi connectivity index (χ2n) is 7.62. The van der Waals surface area contributed by atoms with E-state index in [9.17, 15) is 4.79 Å². The highest BCUT2D eigenvalue weighted by Crippen LogP contribution is 2.25. The molecule has 6 nitrogen and oxygen atoms in total. The fraction of sp³-hybridized carbons (Fsp3) is 0.261. The average Bonchev–Trinajstić information content (AvgIpc) is 3.16. The van der Waals surface area contributed by atoms with Crippen LogP contribution in [0.15, 0.2) is 65.7 Å². The minimum absolute atomic E-state index is 0.0603. The maximum absolute atomic E-state index is 13.5. The van der Waals surface area contributed by atoms with Crippen LogP contribution >= 0.6 is 0 Å². The van der Waals surface area contributed by atoms with Crippen molar-refractivity contribution in [3.63, 3.8) is 0 Å². The van der Waals surface area contributed by atoms with E-state index >= 15 is 0 Å². The van der Waals surface area contributed by atoms with Crippen LogP contribution in [0.4, 0.5) is 0 Å². The molecule has 0 saturated heterocycles. The van der Waals surface area contributed by atoms with Crippen LogP contribution in [0.2, 0.25) is 0 Å². The van der Waals surface area contributed by atoms with Crippen molar-refractivity contribution in [3.8, 4) is 0 Å². The molecule has 0 N–H and O–H groups in total. The van der Waals surface area contributed by atoms with E-state index < -0.39 is 0 Å². The third-order valence-electron chi connectivity index (χ3n) is 5.79. The molecule has 0 bridgehead atoms. The molecule has 0 radical (unpaired) electrons. The first kappa shape index (κ1) is 17.8. The van der Waals surface area contributed by atoms with Gasteiger partial charge in [0.25, 0.3) is 5.56 Å². The summed E-state index contributed by atoms with van der Waals surface area (Å²) < 4.78 is 3.61. The van der Waals surface area contributed by atoms with Crippen LogP contribution in [0.3, 0.4) is 0 Å². The fourth-order valence-corrected chi connectivity index (χ4v) is 4.26. The standard InChI is InChI=1S/C23H23N5O/c1-26-18(9-12-25-26)15-28-22-20(8-5-11-24-22)19-10-13-27(16-21(19)23(28)29)14-17-6-3-2-4-7-17/h2-9,11-12H,10,13-16H2,1H3. The molecule has 4 heterocycles. The van der Waals surface area contributed by atoms with Crippen molar-refractivity contribution in [1.29, 1.82) is 0 Å². The van der Waals surface area contributed by atoms with Crippen molar-refractivity contribution in [1.82, 2.24) is 24.2 Å². The third kappa shape index (κ3) is 3.25. The normalized spacial score (nSPS) is 14.2. The highest BCUT2D eigenvalue weighted by atomic mass is 16.1. The summed E-state index contributed by atoms with van der Waals surface area (Å²) in [5, 5.41) is 5.33. The molecular weight excluding hydrogens is 362 g/mol. The van der Waals surface area contributed by atoms with Gasteiger partial charge in [-0.25, -0.2) is 4.98 Å². The number of fused-ring (bicyclic) bond motifs is 3. The first-order valence-corrected chi connectivity index (χ1v) is 9.93. The average molecular weight is 385 g/mol. The number of aryl methyl sites for hydroxylation is 1. The van der Waals surface area contributed by atoms with Gasteiger partial charge in [-0.2, -0.15) is 5.10 Å². The van der Waals surface area contributed by atoms with Crippen molar-refractivity contribution in [2.24, 2.45) is 7.05 Å². The Labute approximate surface area is 169 Å². The molecule has 0 saturated carbocycles. The number of pyridine rings is 2. The zero-order chi connectivity index (χ0) is 19.8. The second-order valence-corrected chi connectivity index (χ2v) is 7.62. The van der Waals surface area contributed by atoms with Crippen LogP contribution in [0.1, 0.15) is 22.4 Å². The van der Waals surface area contributed by atoms with Gasteiger partial charge >= 0.3 is 0 Å². The molecule has 1 aliphatic rings. The molecule has 0 aliphatic carbocycles. The van der Waals surface area contributed by atoms with Crippen LogP contribution in [-0.4, -0.2) is 30.8 Å². The van der Waals surface area contributed by atoms with Crippen molar-refractivity contribution >= 4 is 11.0 Å². The Morgan fingerprint density at radius 1 is 0.966 bits per heavy atom. The number of rotatable bonds is 4. The minimum atomic E-state index is 0.0603. The Morgan fingerprint density at radius 3 is 2.62 bits per heavy atom. The smallest absolute Gasteiger partial charge is 0.257 e. The molecule has 5 rings (SSSR count). The molecule has 1 aliphatic heterocycles. The Morgan fingerprint density at radius 2 is 1.83 bits per heavy atom. The molecule has 4 aromatic rings. The van der Waals surface area contributed by atoms with Gasteiger partial charge in [0.05, 0.1) is 12.2 Å². The number of benzene rings is 1. The van der Waals surface area contributed by atoms with Gasteiger partial charge in [0, 0.05) is 50.0 Å². The van der Waals surface area contributed by atoms with Gasteiger partial charge in [0.15, 0.2) is 0 Å². The van der Waals surface area contributed by atoms with Crippen LogP contribution < -0.4 is 5.56 Å². The number of hydrogen-bond acceptors (Lipinski definition) is 4. The summed E-state index contributed by atoms with van der Waals surface area (Å²) in [5.74, 6) is 0. The van der Waals surface area contributed by atoms with Gasteiger partial charge in [0.1, 0.15) is 5.65 Å². The Bertz CT molecular complexity index is 1230. The van der Waals surface area contributed by atoms with Gasteiger partial charge in [-0.15, -0.1) is 0 Å². The topological polar surface area (TPSA) is 56.0 Å². The van der Waals surface area contributed by atoms with Crippen LogP contribution in [0, 0.1) is 0 Å². The lowest BCUT2D eigenvalue weighted by atomic mass is 9.97. The number of aromatic nitrogens is 4. The lowest BCUT2D eigenvalue weighted by Gasteiger charge is -2.30. The molecule has 29 heavy (non-hydrogen) atoms. The van der Waals surface area contributed by atoms with Gasteiger partial charge in [-0.05, 0) is 35.7 Å². The van der Waals surface area contributed by atoms with Crippen molar-refractivity contribution < 1.29 is 0 Å². The Balaban J connectivity index is 1.58. The van der Waals surface area contributed by atoms with Gasteiger partial charge < -0.3 is 0 Å². The van der Waals surface area contributed by atoms with E-state index in [-0.39, 0.29) is 5.56 Å². The summed E-state index contributed by atoms with van der Waals surface area (Å²) in [4.78, 5) is 20.5. The molecule has 0 amide bonds. The molecule has 0 atom stereocenters. The molecule has 146 valence electrons. The first-order chi connectivity index (χ1) is 14.2. The predicted molar refractivity (Wildman–Crippen MR) is 113 cm³/mol. The lowest BCUT2D eigenvalue weighted by molar-refractivity contribution is 0.244. The molecule has 3 aromatic heterocycles. The molecule has 0 unspecified atom stereocenters. The van der Waals surface area contributed by atoms with Crippen molar-refractivity contribution in [2.75, 3.05) is 6.54 Å². The number of hydrogen-bond donors (Lipinski definition) is 0. The van der Waals surface area contributed by atoms with Gasteiger partial charge in [0.2, 0.25) is 0 Å². The molecular formula is C23H23N5O.